The predicted octanol–water partition coefficient (Wildman–Crippen LogP) is 2.01. The number of nitrogens with zero attached hydrogens (tertiary/aromatic N) is 2. The van der Waals surface area contributed by atoms with Gasteiger partial charge >= 0.3 is 0 Å². The molecule has 1 aliphatic rings. The van der Waals surface area contributed by atoms with Crippen molar-refractivity contribution in [1.29, 1.82) is 0 Å². The summed E-state index contributed by atoms with van der Waals surface area (Å²) >= 11 is 0. The third kappa shape index (κ3) is 3.84. The third-order valence-corrected chi connectivity index (χ3v) is 3.73. The van der Waals surface area contributed by atoms with Crippen LogP contribution in [0.4, 0.5) is 4.39 Å². The summed E-state index contributed by atoms with van der Waals surface area (Å²) in [6.07, 6.45) is 2.20. The van der Waals surface area contributed by atoms with Crippen molar-refractivity contribution in [3.05, 3.63) is 29.8 Å². The number of aromatic nitrogens is 1. The molecule has 1 aromatic heterocycles. The van der Waals surface area contributed by atoms with E-state index in [0.717, 1.165) is 38.9 Å². The number of Topliss-reactive ketones (excluding diaryl/α,β-unsaturated/α-hetero) is 1. The lowest BCUT2D eigenvalue weighted by Gasteiger charge is -2.19. The maximum absolute atomic E-state index is 12.8. The highest BCUT2D eigenvalue weighted by Gasteiger charge is 2.26. The first-order chi connectivity index (χ1) is 9.60. The van der Waals surface area contributed by atoms with Crippen molar-refractivity contribution in [2.45, 2.75) is 13.3 Å². The molecule has 2 rings (SSSR count). The second-order valence-electron chi connectivity index (χ2n) is 5.50. The maximum Gasteiger partial charge on any atom is 0.185 e. The minimum Gasteiger partial charge on any atom is -0.384 e. The van der Waals surface area contributed by atoms with Gasteiger partial charge in [-0.3, -0.25) is 9.78 Å². The van der Waals surface area contributed by atoms with E-state index in [0.29, 0.717) is 11.6 Å². The molecule has 110 valence electrons. The standard InChI is InChI=1S/C15H21FN2O2/c1-11(8-18-6-5-12(9-18)10-20-2)15(19)14-4-3-13(16)7-17-14/h3-4,7,11-12H,5-6,8-10H2,1-2H3. The molecule has 1 fully saturated rings. The highest BCUT2D eigenvalue weighted by Crippen LogP contribution is 2.18. The Morgan fingerprint density at radius 2 is 2.40 bits per heavy atom. The number of ether oxygens (including phenoxy) is 1. The molecule has 4 nitrogen and oxygen atoms in total. The van der Waals surface area contributed by atoms with Gasteiger partial charge < -0.3 is 9.64 Å². The van der Waals surface area contributed by atoms with Crippen LogP contribution in [0.25, 0.3) is 0 Å². The smallest absolute Gasteiger partial charge is 0.185 e. The third-order valence-electron chi connectivity index (χ3n) is 3.73. The molecule has 0 aromatic carbocycles. The zero-order valence-corrected chi connectivity index (χ0v) is 12.0. The number of pyridine rings is 1. The fourth-order valence-electron chi connectivity index (χ4n) is 2.69. The molecule has 5 heteroatoms. The van der Waals surface area contributed by atoms with Gasteiger partial charge in [0.05, 0.1) is 12.8 Å². The van der Waals surface area contributed by atoms with Gasteiger partial charge in [-0.1, -0.05) is 6.92 Å². The van der Waals surface area contributed by atoms with E-state index in [9.17, 15) is 9.18 Å². The molecule has 0 spiro atoms. The van der Waals surface area contributed by atoms with E-state index in [-0.39, 0.29) is 11.7 Å². The number of hydrogen-bond donors (Lipinski definition) is 0. The van der Waals surface area contributed by atoms with Gasteiger partial charge in [0.2, 0.25) is 0 Å². The second-order valence-corrected chi connectivity index (χ2v) is 5.50. The van der Waals surface area contributed by atoms with Crippen molar-refractivity contribution < 1.29 is 13.9 Å². The number of rotatable bonds is 6. The van der Waals surface area contributed by atoms with E-state index < -0.39 is 5.82 Å². The predicted molar refractivity (Wildman–Crippen MR) is 74.1 cm³/mol. The number of carbonyl (C=O) groups is 1. The van der Waals surface area contributed by atoms with Crippen LogP contribution in [-0.4, -0.2) is 49.0 Å². The molecule has 1 aliphatic heterocycles. The molecule has 0 saturated carbocycles. The monoisotopic (exact) mass is 280 g/mol. The largest absolute Gasteiger partial charge is 0.384 e. The number of halogens is 1. The molecule has 0 radical (unpaired) electrons. The highest BCUT2D eigenvalue weighted by molar-refractivity contribution is 5.95. The summed E-state index contributed by atoms with van der Waals surface area (Å²) in [4.78, 5) is 18.4. The quantitative estimate of drug-likeness (QED) is 0.748. The first-order valence-corrected chi connectivity index (χ1v) is 6.97. The van der Waals surface area contributed by atoms with Gasteiger partial charge in [0.25, 0.3) is 0 Å². The first-order valence-electron chi connectivity index (χ1n) is 6.97. The fourth-order valence-corrected chi connectivity index (χ4v) is 2.69. The summed E-state index contributed by atoms with van der Waals surface area (Å²) in [6, 6.07) is 2.73. The van der Waals surface area contributed by atoms with Crippen LogP contribution >= 0.6 is 0 Å². The Kier molecular flexibility index (Phi) is 5.20. The molecule has 0 aliphatic carbocycles. The lowest BCUT2D eigenvalue weighted by atomic mass is 10.0. The summed E-state index contributed by atoms with van der Waals surface area (Å²) < 4.78 is 18.0. The first kappa shape index (κ1) is 15.1. The summed E-state index contributed by atoms with van der Waals surface area (Å²) in [5, 5.41) is 0. The number of ketones is 1. The molecular weight excluding hydrogens is 259 g/mol. The van der Waals surface area contributed by atoms with Crippen LogP contribution in [0.3, 0.4) is 0 Å². The molecule has 0 N–H and O–H groups in total. The van der Waals surface area contributed by atoms with Crippen LogP contribution < -0.4 is 0 Å². The van der Waals surface area contributed by atoms with E-state index in [1.54, 1.807) is 7.11 Å². The normalized spacial score (nSPS) is 21.1. The molecular formula is C15H21FN2O2. The Morgan fingerprint density at radius 3 is 3.05 bits per heavy atom. The average molecular weight is 280 g/mol. The Bertz CT molecular complexity index is 450. The Labute approximate surface area is 118 Å². The van der Waals surface area contributed by atoms with E-state index >= 15 is 0 Å². The van der Waals surface area contributed by atoms with Crippen LogP contribution in [0.15, 0.2) is 18.3 Å². The van der Waals surface area contributed by atoms with Crippen molar-refractivity contribution in [3.8, 4) is 0 Å². The summed E-state index contributed by atoms with van der Waals surface area (Å²) in [7, 11) is 1.72. The Hall–Kier alpha value is -1.33. The van der Waals surface area contributed by atoms with Crippen molar-refractivity contribution in [3.63, 3.8) is 0 Å². The zero-order chi connectivity index (χ0) is 14.5. The number of methoxy groups -OCH3 is 1. The topological polar surface area (TPSA) is 42.4 Å². The summed E-state index contributed by atoms with van der Waals surface area (Å²) in [6.45, 7) is 5.37. The zero-order valence-electron chi connectivity index (χ0n) is 12.0. The Morgan fingerprint density at radius 1 is 1.60 bits per heavy atom. The molecule has 2 unspecified atom stereocenters. The maximum atomic E-state index is 12.8. The van der Waals surface area contributed by atoms with Crippen molar-refractivity contribution in [1.82, 2.24) is 9.88 Å². The van der Waals surface area contributed by atoms with Crippen LogP contribution in [0.5, 0.6) is 0 Å². The van der Waals surface area contributed by atoms with Crippen molar-refractivity contribution in [2.24, 2.45) is 11.8 Å². The highest BCUT2D eigenvalue weighted by atomic mass is 19.1. The average Bonchev–Trinajstić information content (AvgIpc) is 2.86. The van der Waals surface area contributed by atoms with Crippen LogP contribution in [-0.2, 0) is 4.74 Å². The summed E-state index contributed by atoms with van der Waals surface area (Å²) in [5.41, 5.74) is 0.339. The fraction of sp³-hybridized carbons (Fsp3) is 0.600. The van der Waals surface area contributed by atoms with Gasteiger partial charge in [-0.15, -0.1) is 0 Å². The number of carbonyl (C=O) groups excluding carboxylic acids is 1. The SMILES string of the molecule is COCC1CCN(CC(C)C(=O)c2ccc(F)cn2)C1. The lowest BCUT2D eigenvalue weighted by molar-refractivity contribution is 0.0893. The van der Waals surface area contributed by atoms with Crippen LogP contribution in [0.2, 0.25) is 0 Å². The van der Waals surface area contributed by atoms with Gasteiger partial charge in [0, 0.05) is 26.1 Å². The van der Waals surface area contributed by atoms with E-state index in [1.807, 2.05) is 6.92 Å². The summed E-state index contributed by atoms with van der Waals surface area (Å²) in [5.74, 6) is -0.0168. The van der Waals surface area contributed by atoms with E-state index in [2.05, 4.69) is 9.88 Å². The van der Waals surface area contributed by atoms with Gasteiger partial charge in [-0.2, -0.15) is 0 Å². The minimum absolute atomic E-state index is 0.0276. The molecule has 20 heavy (non-hydrogen) atoms. The molecule has 2 heterocycles. The van der Waals surface area contributed by atoms with Crippen LogP contribution in [0, 0.1) is 17.7 Å². The second kappa shape index (κ2) is 6.90. The van der Waals surface area contributed by atoms with Gasteiger partial charge in [0.1, 0.15) is 11.5 Å². The van der Waals surface area contributed by atoms with E-state index in [4.69, 9.17) is 4.74 Å². The molecule has 0 bridgehead atoms. The van der Waals surface area contributed by atoms with Gasteiger partial charge in [-0.05, 0) is 31.0 Å². The van der Waals surface area contributed by atoms with Crippen molar-refractivity contribution >= 4 is 5.78 Å². The number of hydrogen-bond acceptors (Lipinski definition) is 4. The van der Waals surface area contributed by atoms with Gasteiger partial charge in [-0.25, -0.2) is 4.39 Å². The molecule has 1 aromatic rings. The minimum atomic E-state index is -0.420. The number of likely N-dealkylation sites (tertiary alicyclic amines) is 1. The van der Waals surface area contributed by atoms with Gasteiger partial charge in [0.15, 0.2) is 5.78 Å². The molecule has 0 amide bonds. The van der Waals surface area contributed by atoms with Crippen LogP contribution in [0.1, 0.15) is 23.8 Å². The molecule has 1 saturated heterocycles. The van der Waals surface area contributed by atoms with E-state index in [1.165, 1.54) is 12.1 Å². The Balaban J connectivity index is 1.87. The lowest BCUT2D eigenvalue weighted by Crippen LogP contribution is -2.31. The molecule has 2 atom stereocenters. The van der Waals surface area contributed by atoms with Crippen molar-refractivity contribution in [2.75, 3.05) is 33.4 Å².